The molecule has 0 fully saturated rings. The Morgan fingerprint density at radius 3 is 2.23 bits per heavy atom. The van der Waals surface area contributed by atoms with Gasteiger partial charge in [0.25, 0.3) is 5.91 Å². The van der Waals surface area contributed by atoms with Crippen molar-refractivity contribution in [3.05, 3.63) is 54.1 Å². The van der Waals surface area contributed by atoms with Gasteiger partial charge in [0.15, 0.2) is 5.65 Å². The number of carbonyl (C=O) groups excluding carboxylic acids is 1. The maximum absolute atomic E-state index is 13.4. The van der Waals surface area contributed by atoms with E-state index in [2.05, 4.69) is 19.2 Å². The molecule has 4 rings (SSSR count). The van der Waals surface area contributed by atoms with E-state index in [0.29, 0.717) is 33.8 Å². The van der Waals surface area contributed by atoms with Gasteiger partial charge in [-0.05, 0) is 55.7 Å². The van der Waals surface area contributed by atoms with Crippen LogP contribution in [-0.2, 0) is 10.0 Å². The second-order valence-electron chi connectivity index (χ2n) is 9.22. The molecule has 1 amide bonds. The highest BCUT2D eigenvalue weighted by molar-refractivity contribution is 7.89. The van der Waals surface area contributed by atoms with Gasteiger partial charge in [-0.15, -0.1) is 0 Å². The monoisotopic (exact) mass is 494 g/mol. The fraction of sp³-hybridized carbons (Fsp3) is 0.320. The van der Waals surface area contributed by atoms with Crippen LogP contribution in [0.15, 0.2) is 53.4 Å². The number of sulfonamides is 1. The number of benzene rings is 2. The topological polar surface area (TPSA) is 146 Å². The van der Waals surface area contributed by atoms with Crippen LogP contribution in [0.5, 0.6) is 0 Å². The number of nitrogens with two attached hydrogens (primary N) is 2. The lowest BCUT2D eigenvalue weighted by Gasteiger charge is -2.14. The van der Waals surface area contributed by atoms with Gasteiger partial charge in [0.05, 0.1) is 15.9 Å². The highest BCUT2D eigenvalue weighted by Crippen LogP contribution is 2.31. The number of para-hydroxylation sites is 2. The van der Waals surface area contributed by atoms with Crippen LogP contribution in [0.4, 0.5) is 5.82 Å². The maximum atomic E-state index is 13.4. The van der Waals surface area contributed by atoms with E-state index in [1.807, 2.05) is 31.2 Å². The number of primary sulfonamides is 1. The number of rotatable bonds is 8. The predicted molar refractivity (Wildman–Crippen MR) is 138 cm³/mol. The third-order valence-corrected chi connectivity index (χ3v) is 6.87. The molecule has 0 unspecified atom stereocenters. The molecule has 5 N–H and O–H groups in total. The average Bonchev–Trinajstić information content (AvgIpc) is 3.07. The minimum atomic E-state index is -3.85. The molecular formula is C25H30N6O3S. The predicted octanol–water partition coefficient (Wildman–Crippen LogP) is 3.75. The van der Waals surface area contributed by atoms with Crippen LogP contribution in [0.25, 0.3) is 27.9 Å². The summed E-state index contributed by atoms with van der Waals surface area (Å²) in [7, 11) is -3.85. The summed E-state index contributed by atoms with van der Waals surface area (Å²) in [4.78, 5) is 22.8. The molecule has 1 atom stereocenters. The minimum absolute atomic E-state index is 0.0268. The van der Waals surface area contributed by atoms with Crippen molar-refractivity contribution in [1.29, 1.82) is 0 Å². The summed E-state index contributed by atoms with van der Waals surface area (Å²) >= 11 is 0. The van der Waals surface area contributed by atoms with Gasteiger partial charge in [-0.2, -0.15) is 0 Å². The Bertz CT molecular complexity index is 1490. The molecule has 0 saturated carbocycles. The summed E-state index contributed by atoms with van der Waals surface area (Å²) in [6, 6.07) is 13.2. The molecule has 0 radical (unpaired) electrons. The lowest BCUT2D eigenvalue weighted by Crippen LogP contribution is -2.33. The smallest absolute Gasteiger partial charge is 0.257 e. The first-order valence-corrected chi connectivity index (χ1v) is 13.1. The van der Waals surface area contributed by atoms with E-state index in [9.17, 15) is 13.2 Å². The molecular weight excluding hydrogens is 464 g/mol. The van der Waals surface area contributed by atoms with Crippen molar-refractivity contribution in [1.82, 2.24) is 19.9 Å². The van der Waals surface area contributed by atoms with Crippen molar-refractivity contribution in [3.63, 3.8) is 0 Å². The fourth-order valence-electron chi connectivity index (χ4n) is 4.13. The molecule has 0 spiro atoms. The summed E-state index contributed by atoms with van der Waals surface area (Å²) in [5, 5.41) is 8.28. The highest BCUT2D eigenvalue weighted by atomic mass is 32.2. The highest BCUT2D eigenvalue weighted by Gasteiger charge is 2.26. The molecule has 0 aliphatic carbocycles. The van der Waals surface area contributed by atoms with Gasteiger partial charge in [0, 0.05) is 11.7 Å². The molecule has 2 aromatic carbocycles. The number of nitrogens with zero attached hydrogens (tertiary/aromatic N) is 3. The number of nitrogen functional groups attached to an aromatic ring is 1. The molecule has 0 saturated heterocycles. The van der Waals surface area contributed by atoms with E-state index in [0.717, 1.165) is 19.3 Å². The SMILES string of the molecule is CC(C)CCC[C@@H](C)NC(=O)c1c(N)n(-c2ccc(S(N)(=O)=O)cc2)c2nc3ccccc3nc12. The Labute approximate surface area is 204 Å². The third kappa shape index (κ3) is 5.13. The largest absolute Gasteiger partial charge is 0.384 e. The van der Waals surface area contributed by atoms with Crippen LogP contribution in [-0.4, -0.2) is 34.9 Å². The van der Waals surface area contributed by atoms with Gasteiger partial charge in [-0.3, -0.25) is 9.36 Å². The Morgan fingerprint density at radius 2 is 1.63 bits per heavy atom. The lowest BCUT2D eigenvalue weighted by molar-refractivity contribution is 0.0940. The number of carbonyl (C=O) groups is 1. The zero-order valence-corrected chi connectivity index (χ0v) is 20.8. The van der Waals surface area contributed by atoms with E-state index in [-0.39, 0.29) is 28.2 Å². The Morgan fingerprint density at radius 1 is 1.00 bits per heavy atom. The van der Waals surface area contributed by atoms with E-state index in [4.69, 9.17) is 20.8 Å². The van der Waals surface area contributed by atoms with Gasteiger partial charge in [0.2, 0.25) is 10.0 Å². The van der Waals surface area contributed by atoms with Crippen molar-refractivity contribution in [2.24, 2.45) is 11.1 Å². The number of hydrogen-bond donors (Lipinski definition) is 3. The van der Waals surface area contributed by atoms with Crippen molar-refractivity contribution < 1.29 is 13.2 Å². The number of amides is 1. The Hall–Kier alpha value is -3.50. The molecule has 0 aliphatic rings. The summed E-state index contributed by atoms with van der Waals surface area (Å²) < 4.78 is 25.0. The number of fused-ring (bicyclic) bond motifs is 2. The van der Waals surface area contributed by atoms with Crippen LogP contribution >= 0.6 is 0 Å². The summed E-state index contributed by atoms with van der Waals surface area (Å²) in [6.07, 6.45) is 2.96. The summed E-state index contributed by atoms with van der Waals surface area (Å²) in [6.45, 7) is 6.33. The van der Waals surface area contributed by atoms with Crippen LogP contribution < -0.4 is 16.2 Å². The van der Waals surface area contributed by atoms with Gasteiger partial charge in [-0.1, -0.05) is 38.8 Å². The molecule has 4 aromatic rings. The van der Waals surface area contributed by atoms with Crippen LogP contribution in [0, 0.1) is 5.92 Å². The van der Waals surface area contributed by atoms with Gasteiger partial charge < -0.3 is 11.1 Å². The van der Waals surface area contributed by atoms with E-state index >= 15 is 0 Å². The zero-order valence-electron chi connectivity index (χ0n) is 20.0. The van der Waals surface area contributed by atoms with Crippen LogP contribution in [0.3, 0.4) is 0 Å². The summed E-state index contributed by atoms with van der Waals surface area (Å²) in [5.41, 5.74) is 9.38. The van der Waals surface area contributed by atoms with Crippen molar-refractivity contribution in [3.8, 4) is 5.69 Å². The Kier molecular flexibility index (Phi) is 6.77. The third-order valence-electron chi connectivity index (χ3n) is 5.94. The molecule has 10 heteroatoms. The zero-order chi connectivity index (χ0) is 25.3. The fourth-order valence-corrected chi connectivity index (χ4v) is 4.65. The first-order chi connectivity index (χ1) is 16.6. The minimum Gasteiger partial charge on any atom is -0.384 e. The normalized spacial score (nSPS) is 12.9. The van der Waals surface area contributed by atoms with Gasteiger partial charge in [0.1, 0.15) is 16.9 Å². The van der Waals surface area contributed by atoms with E-state index < -0.39 is 10.0 Å². The van der Waals surface area contributed by atoms with Crippen molar-refractivity contribution in [2.45, 2.75) is 51.0 Å². The Balaban J connectivity index is 1.81. The quantitative estimate of drug-likeness (QED) is 0.340. The second-order valence-corrected chi connectivity index (χ2v) is 10.8. The molecule has 0 bridgehead atoms. The number of anilines is 1. The van der Waals surface area contributed by atoms with Crippen LogP contribution in [0.1, 0.15) is 50.4 Å². The second kappa shape index (κ2) is 9.63. The molecule has 2 heterocycles. The number of nitrogens with one attached hydrogen (secondary N) is 1. The molecule has 35 heavy (non-hydrogen) atoms. The van der Waals surface area contributed by atoms with Crippen LogP contribution in [0.2, 0.25) is 0 Å². The maximum Gasteiger partial charge on any atom is 0.257 e. The molecule has 184 valence electrons. The lowest BCUT2D eigenvalue weighted by atomic mass is 10.0. The molecule has 0 aliphatic heterocycles. The number of hydrogen-bond acceptors (Lipinski definition) is 6. The van der Waals surface area contributed by atoms with Crippen molar-refractivity contribution in [2.75, 3.05) is 5.73 Å². The van der Waals surface area contributed by atoms with Gasteiger partial charge in [-0.25, -0.2) is 23.5 Å². The standard InChI is InChI=1S/C25H30N6O3S/c1-15(2)7-6-8-16(3)28-25(32)21-22-24(30-20-10-5-4-9-19(20)29-22)31(23(21)26)17-11-13-18(14-12-17)35(27,33)34/h4-5,9-16H,6-8,26H2,1-3H3,(H,28,32)(H2,27,33,34)/t16-/m1/s1. The summed E-state index contributed by atoms with van der Waals surface area (Å²) in [5.74, 6) is 0.454. The van der Waals surface area contributed by atoms with E-state index in [1.165, 1.54) is 12.1 Å². The van der Waals surface area contributed by atoms with E-state index in [1.54, 1.807) is 16.7 Å². The molecule has 2 aromatic heterocycles. The first kappa shape index (κ1) is 24.6. The first-order valence-electron chi connectivity index (χ1n) is 11.6. The average molecular weight is 495 g/mol. The molecule has 9 nitrogen and oxygen atoms in total. The number of aromatic nitrogens is 3. The van der Waals surface area contributed by atoms with Gasteiger partial charge >= 0.3 is 0 Å². The van der Waals surface area contributed by atoms with Crippen molar-refractivity contribution >= 4 is 43.9 Å².